The summed E-state index contributed by atoms with van der Waals surface area (Å²) in [5, 5.41) is 0. The van der Waals surface area contributed by atoms with Gasteiger partial charge in [0, 0.05) is 28.8 Å². The van der Waals surface area contributed by atoms with E-state index in [1.54, 1.807) is 0 Å². The van der Waals surface area contributed by atoms with Gasteiger partial charge in [-0.25, -0.2) is 0 Å². The van der Waals surface area contributed by atoms with Gasteiger partial charge in [0.05, 0.1) is 32.1 Å². The Morgan fingerprint density at radius 3 is 1.06 bits per heavy atom. The molecule has 0 bridgehead atoms. The highest BCUT2D eigenvalue weighted by Crippen LogP contribution is 2.18. The molecule has 0 aromatic heterocycles. The van der Waals surface area contributed by atoms with Crippen molar-refractivity contribution in [2.45, 2.75) is 50.4 Å². The summed E-state index contributed by atoms with van der Waals surface area (Å²) in [6, 6.07) is 0. The van der Waals surface area contributed by atoms with E-state index in [9.17, 15) is 24.0 Å². The maximum atomic E-state index is 12.4. The van der Waals surface area contributed by atoms with Gasteiger partial charge in [-0.2, -0.15) is 63.1 Å². The molecule has 0 unspecified atom stereocenters. The summed E-state index contributed by atoms with van der Waals surface area (Å²) in [4.78, 5) is 60.7. The molecule has 0 heterocycles. The van der Waals surface area contributed by atoms with Crippen LogP contribution in [0.2, 0.25) is 0 Å². The summed E-state index contributed by atoms with van der Waals surface area (Å²) in [6.07, 6.45) is -4.58. The Hall–Kier alpha value is -0.900. The van der Waals surface area contributed by atoms with Gasteiger partial charge in [0.2, 0.25) is 0 Å². The number of esters is 5. The average Bonchev–Trinajstić information content (AvgIpc) is 2.79. The molecule has 0 aliphatic rings. The fourth-order valence-electron chi connectivity index (χ4n) is 2.40. The van der Waals surface area contributed by atoms with Crippen molar-refractivity contribution in [2.75, 3.05) is 42.0 Å². The van der Waals surface area contributed by atoms with Crippen molar-refractivity contribution in [3.05, 3.63) is 0 Å². The minimum absolute atomic E-state index is 0.0216. The number of carbonyl (C=O) groups is 5. The van der Waals surface area contributed by atoms with Crippen molar-refractivity contribution >= 4 is 93.0 Å². The van der Waals surface area contributed by atoms with Gasteiger partial charge in [-0.3, -0.25) is 24.0 Å². The molecule has 0 radical (unpaired) electrons. The van der Waals surface area contributed by atoms with Gasteiger partial charge in [0.15, 0.2) is 18.3 Å². The molecular formula is C20H32O10S5. The Balaban J connectivity index is 6.08. The quantitative estimate of drug-likeness (QED) is 0.0852. The molecule has 0 aromatic rings. The van der Waals surface area contributed by atoms with E-state index in [1.165, 1.54) is 0 Å². The van der Waals surface area contributed by atoms with E-state index in [4.69, 9.17) is 23.7 Å². The minimum atomic E-state index is -1.47. The number of carbonyl (C=O) groups excluding carboxylic acids is 5. The van der Waals surface area contributed by atoms with E-state index < -0.39 is 61.4 Å². The average molecular weight is 593 g/mol. The number of thiol groups is 5. The van der Waals surface area contributed by atoms with Crippen molar-refractivity contribution in [1.82, 2.24) is 0 Å². The maximum absolute atomic E-state index is 12.4. The summed E-state index contributed by atoms with van der Waals surface area (Å²) < 4.78 is 26.6. The second-order valence-electron chi connectivity index (χ2n) is 6.75. The Bertz CT molecular complexity index is 633. The Morgan fingerprint density at radius 1 is 0.457 bits per heavy atom. The lowest BCUT2D eigenvalue weighted by Crippen LogP contribution is -2.50. The standard InChI is InChI=1S/C20H32O10S5/c21-15(1-6-31)26-11-13(28-17(23)3-8-33)20(30-19(25)5-10-35)14(29-18(24)4-9-34)12-27-16(22)2-7-32/h13-14,20,31-35H,1-12H2/t13-,14+,20+. The largest absolute Gasteiger partial charge is 0.462 e. The summed E-state index contributed by atoms with van der Waals surface area (Å²) in [6.45, 7) is -1.04. The fourth-order valence-corrected chi connectivity index (χ4v) is 3.31. The fraction of sp³-hybridized carbons (Fsp3) is 0.750. The molecule has 0 N–H and O–H groups in total. The highest BCUT2D eigenvalue weighted by atomic mass is 32.1. The van der Waals surface area contributed by atoms with Gasteiger partial charge in [-0.05, 0) is 0 Å². The zero-order valence-electron chi connectivity index (χ0n) is 19.0. The lowest BCUT2D eigenvalue weighted by Gasteiger charge is -2.32. The van der Waals surface area contributed by atoms with Crippen LogP contribution in [0.4, 0.5) is 0 Å². The number of hydrogen-bond acceptors (Lipinski definition) is 15. The molecule has 3 atom stereocenters. The lowest BCUT2D eigenvalue weighted by atomic mass is 10.1. The predicted octanol–water partition coefficient (Wildman–Crippen LogP) is 1.41. The third-order valence-electron chi connectivity index (χ3n) is 3.96. The second kappa shape index (κ2) is 21.2. The van der Waals surface area contributed by atoms with E-state index >= 15 is 0 Å². The number of rotatable bonds is 19. The second-order valence-corrected chi connectivity index (χ2v) is 8.98. The molecule has 0 saturated carbocycles. The van der Waals surface area contributed by atoms with Crippen LogP contribution in [0.3, 0.4) is 0 Å². The van der Waals surface area contributed by atoms with Crippen molar-refractivity contribution < 1.29 is 47.7 Å². The third-order valence-corrected chi connectivity index (χ3v) is 5.08. The van der Waals surface area contributed by atoms with Crippen LogP contribution in [0.5, 0.6) is 0 Å². The van der Waals surface area contributed by atoms with Crippen molar-refractivity contribution in [3.8, 4) is 0 Å². The SMILES string of the molecule is O=C(CCS)OC[C@H](OC(=O)CCS)[C@@H](OC(=O)CCS)[C@@H](COC(=O)CCS)OC(=O)CCS. The van der Waals surface area contributed by atoms with Gasteiger partial charge in [-0.15, -0.1) is 0 Å². The normalized spacial score (nSPS) is 13.2. The molecule has 0 saturated heterocycles. The molecular weight excluding hydrogens is 561 g/mol. The van der Waals surface area contributed by atoms with Crippen LogP contribution in [0.15, 0.2) is 0 Å². The molecule has 0 amide bonds. The Morgan fingerprint density at radius 2 is 0.743 bits per heavy atom. The van der Waals surface area contributed by atoms with Gasteiger partial charge in [0.25, 0.3) is 0 Å². The summed E-state index contributed by atoms with van der Waals surface area (Å²) in [5.74, 6) is -2.57. The van der Waals surface area contributed by atoms with E-state index in [2.05, 4.69) is 63.1 Å². The maximum Gasteiger partial charge on any atom is 0.307 e. The van der Waals surface area contributed by atoms with Crippen molar-refractivity contribution in [1.29, 1.82) is 0 Å². The first-order valence-corrected chi connectivity index (χ1v) is 13.8. The highest BCUT2D eigenvalue weighted by Gasteiger charge is 2.40. The van der Waals surface area contributed by atoms with Gasteiger partial charge < -0.3 is 23.7 Å². The van der Waals surface area contributed by atoms with Gasteiger partial charge >= 0.3 is 29.8 Å². The van der Waals surface area contributed by atoms with Gasteiger partial charge in [-0.1, -0.05) is 0 Å². The van der Waals surface area contributed by atoms with Crippen LogP contribution >= 0.6 is 63.1 Å². The molecule has 0 aliphatic heterocycles. The van der Waals surface area contributed by atoms with Crippen molar-refractivity contribution in [2.24, 2.45) is 0 Å². The minimum Gasteiger partial charge on any atom is -0.462 e. The molecule has 0 rings (SSSR count). The topological polar surface area (TPSA) is 132 Å². The van der Waals surface area contributed by atoms with E-state index in [0.29, 0.717) is 0 Å². The molecule has 35 heavy (non-hydrogen) atoms. The van der Waals surface area contributed by atoms with Crippen LogP contribution in [0, 0.1) is 0 Å². The number of hydrogen-bond donors (Lipinski definition) is 5. The molecule has 0 aromatic carbocycles. The summed E-state index contributed by atoms with van der Waals surface area (Å²) >= 11 is 19.9. The molecule has 0 aliphatic carbocycles. The Kier molecular flexibility index (Phi) is 20.7. The summed E-state index contributed by atoms with van der Waals surface area (Å²) in [5.41, 5.74) is 0. The predicted molar refractivity (Wildman–Crippen MR) is 144 cm³/mol. The highest BCUT2D eigenvalue weighted by molar-refractivity contribution is 7.80. The number of ether oxygens (including phenoxy) is 5. The van der Waals surface area contributed by atoms with Crippen LogP contribution in [0.1, 0.15) is 32.1 Å². The monoisotopic (exact) mass is 592 g/mol. The smallest absolute Gasteiger partial charge is 0.307 e. The molecule has 0 fully saturated rings. The van der Waals surface area contributed by atoms with Crippen LogP contribution < -0.4 is 0 Å². The van der Waals surface area contributed by atoms with E-state index in [1.807, 2.05) is 0 Å². The Labute approximate surface area is 232 Å². The lowest BCUT2D eigenvalue weighted by molar-refractivity contribution is -0.196. The zero-order chi connectivity index (χ0) is 26.6. The van der Waals surface area contributed by atoms with E-state index in [0.717, 1.165) is 0 Å². The zero-order valence-corrected chi connectivity index (χ0v) is 23.5. The molecule has 0 spiro atoms. The first-order chi connectivity index (χ1) is 16.7. The van der Waals surface area contributed by atoms with Crippen LogP contribution in [0.25, 0.3) is 0 Å². The van der Waals surface area contributed by atoms with Gasteiger partial charge in [0.1, 0.15) is 13.2 Å². The van der Waals surface area contributed by atoms with Crippen molar-refractivity contribution in [3.63, 3.8) is 0 Å². The molecule has 15 heteroatoms. The van der Waals surface area contributed by atoms with Crippen LogP contribution in [-0.2, 0) is 47.7 Å². The van der Waals surface area contributed by atoms with Crippen LogP contribution in [-0.4, -0.2) is 90.1 Å². The first kappa shape index (κ1) is 34.1. The molecule has 10 nitrogen and oxygen atoms in total. The summed E-state index contributed by atoms with van der Waals surface area (Å²) in [7, 11) is 0. The van der Waals surface area contributed by atoms with E-state index in [-0.39, 0.29) is 60.9 Å². The molecule has 202 valence electrons. The first-order valence-electron chi connectivity index (χ1n) is 10.7. The third kappa shape index (κ3) is 16.5.